The van der Waals surface area contributed by atoms with Crippen molar-refractivity contribution in [2.45, 2.75) is 38.3 Å². The number of fused-ring (bicyclic) bond motifs is 1. The highest BCUT2D eigenvalue weighted by molar-refractivity contribution is 5.74. The number of imidazole rings is 1. The Labute approximate surface area is 186 Å². The fourth-order valence-corrected chi connectivity index (χ4v) is 4.46. The van der Waals surface area contributed by atoms with Gasteiger partial charge < -0.3 is 15.1 Å². The second-order valence-electron chi connectivity index (χ2n) is 8.48. The van der Waals surface area contributed by atoms with Crippen LogP contribution in [-0.2, 0) is 26.4 Å². The molecule has 0 spiro atoms. The molecule has 1 aliphatic heterocycles. The van der Waals surface area contributed by atoms with E-state index >= 15 is 0 Å². The Morgan fingerprint density at radius 2 is 1.97 bits per heavy atom. The Morgan fingerprint density at radius 1 is 1.12 bits per heavy atom. The van der Waals surface area contributed by atoms with Gasteiger partial charge in [0.1, 0.15) is 11.6 Å². The van der Waals surface area contributed by atoms with Gasteiger partial charge in [-0.15, -0.1) is 0 Å². The summed E-state index contributed by atoms with van der Waals surface area (Å²) in [5, 5.41) is 0. The standard InChI is InChI=1S/C24H28N6O2/c1-28-20(12-11-17-7-3-2-4-8-17)26-22-21(23(28)31)30(16-19-10-6-14-32-19)24(27-22)29-13-5-9-18(25)15-29/h2-4,6-8,10,14,18H,5,9,11-13,15-16,25H2,1H3. The van der Waals surface area contributed by atoms with Crippen molar-refractivity contribution in [3.05, 3.63) is 76.2 Å². The molecule has 1 unspecified atom stereocenters. The van der Waals surface area contributed by atoms with E-state index in [2.05, 4.69) is 17.0 Å². The lowest BCUT2D eigenvalue weighted by molar-refractivity contribution is 0.478. The molecule has 4 heterocycles. The highest BCUT2D eigenvalue weighted by Crippen LogP contribution is 2.24. The number of aryl methyl sites for hydroxylation is 2. The molecule has 2 N–H and O–H groups in total. The van der Waals surface area contributed by atoms with Crippen LogP contribution in [-0.4, -0.2) is 38.2 Å². The number of anilines is 1. The van der Waals surface area contributed by atoms with Crippen LogP contribution in [0.3, 0.4) is 0 Å². The molecule has 0 saturated carbocycles. The maximum Gasteiger partial charge on any atom is 0.279 e. The zero-order chi connectivity index (χ0) is 22.1. The predicted molar refractivity (Wildman–Crippen MR) is 124 cm³/mol. The van der Waals surface area contributed by atoms with Crippen LogP contribution in [0.4, 0.5) is 5.95 Å². The Morgan fingerprint density at radius 3 is 2.72 bits per heavy atom. The first-order valence-electron chi connectivity index (χ1n) is 11.1. The van der Waals surface area contributed by atoms with Gasteiger partial charge in [0.15, 0.2) is 11.2 Å². The van der Waals surface area contributed by atoms with Crippen molar-refractivity contribution in [2.75, 3.05) is 18.0 Å². The van der Waals surface area contributed by atoms with Gasteiger partial charge in [0.25, 0.3) is 5.56 Å². The number of nitrogens with two attached hydrogens (primary N) is 1. The van der Waals surface area contributed by atoms with Crippen LogP contribution in [0.5, 0.6) is 0 Å². The minimum atomic E-state index is -0.0929. The monoisotopic (exact) mass is 432 g/mol. The Balaban J connectivity index is 1.57. The summed E-state index contributed by atoms with van der Waals surface area (Å²) in [6, 6.07) is 14.1. The van der Waals surface area contributed by atoms with Crippen LogP contribution in [0.15, 0.2) is 57.9 Å². The zero-order valence-electron chi connectivity index (χ0n) is 18.3. The first-order chi connectivity index (χ1) is 15.6. The van der Waals surface area contributed by atoms with E-state index in [1.54, 1.807) is 17.9 Å². The van der Waals surface area contributed by atoms with Crippen molar-refractivity contribution in [1.29, 1.82) is 0 Å². The smallest absolute Gasteiger partial charge is 0.279 e. The fraction of sp³-hybridized carbons (Fsp3) is 0.375. The SMILES string of the molecule is Cn1c(CCc2ccccc2)nc2nc(N3CCCC(N)C3)n(Cc3ccco3)c2c1=O. The number of piperidine rings is 1. The summed E-state index contributed by atoms with van der Waals surface area (Å²) in [5.41, 5.74) is 8.34. The molecule has 0 radical (unpaired) electrons. The van der Waals surface area contributed by atoms with Gasteiger partial charge in [-0.2, -0.15) is 4.98 Å². The van der Waals surface area contributed by atoms with Crippen molar-refractivity contribution in [1.82, 2.24) is 19.1 Å². The molecule has 0 bridgehead atoms. The second kappa shape index (κ2) is 8.63. The number of benzene rings is 1. The van der Waals surface area contributed by atoms with Gasteiger partial charge in [-0.1, -0.05) is 30.3 Å². The average Bonchev–Trinajstić information content (AvgIpc) is 3.44. The van der Waals surface area contributed by atoms with Crippen LogP contribution in [0.25, 0.3) is 11.2 Å². The van der Waals surface area contributed by atoms with E-state index in [-0.39, 0.29) is 11.6 Å². The van der Waals surface area contributed by atoms with E-state index < -0.39 is 0 Å². The molecule has 1 atom stereocenters. The lowest BCUT2D eigenvalue weighted by atomic mass is 10.1. The van der Waals surface area contributed by atoms with E-state index in [1.165, 1.54) is 5.56 Å². The Hall–Kier alpha value is -3.39. The average molecular weight is 433 g/mol. The number of furan rings is 1. The lowest BCUT2D eigenvalue weighted by Gasteiger charge is -2.31. The molecule has 8 heteroatoms. The van der Waals surface area contributed by atoms with Gasteiger partial charge in [-0.05, 0) is 37.0 Å². The van der Waals surface area contributed by atoms with Gasteiger partial charge in [0.2, 0.25) is 5.95 Å². The summed E-state index contributed by atoms with van der Waals surface area (Å²) in [6.07, 6.45) is 5.12. The van der Waals surface area contributed by atoms with E-state index in [9.17, 15) is 4.79 Å². The molecular weight excluding hydrogens is 404 g/mol. The molecule has 32 heavy (non-hydrogen) atoms. The summed E-state index contributed by atoms with van der Waals surface area (Å²) < 4.78 is 9.16. The summed E-state index contributed by atoms with van der Waals surface area (Å²) in [6.45, 7) is 1.99. The number of aromatic nitrogens is 4. The van der Waals surface area contributed by atoms with Gasteiger partial charge >= 0.3 is 0 Å². The van der Waals surface area contributed by atoms with Gasteiger partial charge in [-0.3, -0.25) is 13.9 Å². The third-order valence-corrected chi connectivity index (χ3v) is 6.17. The third kappa shape index (κ3) is 3.93. The number of hydrogen-bond donors (Lipinski definition) is 1. The summed E-state index contributed by atoms with van der Waals surface area (Å²) in [5.74, 6) is 2.23. The highest BCUT2D eigenvalue weighted by Gasteiger charge is 2.26. The molecule has 1 fully saturated rings. The van der Waals surface area contributed by atoms with Crippen molar-refractivity contribution in [3.8, 4) is 0 Å². The normalized spacial score (nSPS) is 16.7. The highest BCUT2D eigenvalue weighted by atomic mass is 16.3. The minimum absolute atomic E-state index is 0.0929. The van der Waals surface area contributed by atoms with Crippen molar-refractivity contribution in [2.24, 2.45) is 12.8 Å². The van der Waals surface area contributed by atoms with Gasteiger partial charge in [0.05, 0.1) is 12.8 Å². The van der Waals surface area contributed by atoms with Gasteiger partial charge in [-0.25, -0.2) is 4.98 Å². The Kier molecular flexibility index (Phi) is 5.53. The first-order valence-corrected chi connectivity index (χ1v) is 11.1. The fourth-order valence-electron chi connectivity index (χ4n) is 4.46. The molecule has 8 nitrogen and oxygen atoms in total. The Bertz CT molecular complexity index is 1260. The maximum atomic E-state index is 13.5. The van der Waals surface area contributed by atoms with Crippen molar-refractivity contribution >= 4 is 17.1 Å². The topological polar surface area (TPSA) is 95.1 Å². The molecule has 4 aromatic rings. The molecule has 0 amide bonds. The largest absolute Gasteiger partial charge is 0.467 e. The van der Waals surface area contributed by atoms with E-state index in [0.29, 0.717) is 30.7 Å². The predicted octanol–water partition coefficient (Wildman–Crippen LogP) is 2.48. The summed E-state index contributed by atoms with van der Waals surface area (Å²) in [4.78, 5) is 25.3. The molecule has 1 saturated heterocycles. The number of rotatable bonds is 6. The van der Waals surface area contributed by atoms with Crippen LogP contribution in [0.1, 0.15) is 30.0 Å². The maximum absolute atomic E-state index is 13.5. The molecular formula is C24H28N6O2. The molecule has 1 aromatic carbocycles. The quantitative estimate of drug-likeness (QED) is 0.503. The minimum Gasteiger partial charge on any atom is -0.467 e. The van der Waals surface area contributed by atoms with Crippen LogP contribution in [0.2, 0.25) is 0 Å². The van der Waals surface area contributed by atoms with Crippen molar-refractivity contribution in [3.63, 3.8) is 0 Å². The van der Waals surface area contributed by atoms with E-state index in [1.807, 2.05) is 34.9 Å². The van der Waals surface area contributed by atoms with Crippen molar-refractivity contribution < 1.29 is 4.42 Å². The van der Waals surface area contributed by atoms with E-state index in [4.69, 9.17) is 20.1 Å². The molecule has 1 aliphatic rings. The molecule has 166 valence electrons. The molecule has 3 aromatic heterocycles. The summed E-state index contributed by atoms with van der Waals surface area (Å²) >= 11 is 0. The molecule has 0 aliphatic carbocycles. The second-order valence-corrected chi connectivity index (χ2v) is 8.48. The lowest BCUT2D eigenvalue weighted by Crippen LogP contribution is -2.44. The summed E-state index contributed by atoms with van der Waals surface area (Å²) in [7, 11) is 1.79. The van der Waals surface area contributed by atoms with E-state index in [0.717, 1.165) is 43.3 Å². The number of nitrogens with zero attached hydrogens (tertiary/aromatic N) is 5. The zero-order valence-corrected chi connectivity index (χ0v) is 18.3. The van der Waals surface area contributed by atoms with Gasteiger partial charge in [0, 0.05) is 32.6 Å². The van der Waals surface area contributed by atoms with Crippen LogP contribution < -0.4 is 16.2 Å². The van der Waals surface area contributed by atoms with Crippen LogP contribution >= 0.6 is 0 Å². The number of hydrogen-bond acceptors (Lipinski definition) is 6. The molecule has 5 rings (SSSR count). The third-order valence-electron chi connectivity index (χ3n) is 6.17. The first kappa shape index (κ1) is 20.5. The van der Waals surface area contributed by atoms with Crippen LogP contribution in [0, 0.1) is 0 Å².